The van der Waals surface area contributed by atoms with E-state index in [4.69, 9.17) is 23.2 Å². The van der Waals surface area contributed by atoms with Crippen LogP contribution in [0.4, 0.5) is 17.1 Å². The van der Waals surface area contributed by atoms with Crippen LogP contribution < -0.4 is 15.5 Å². The molecule has 0 saturated carbocycles. The lowest BCUT2D eigenvalue weighted by Crippen LogP contribution is -2.32. The molecule has 0 unspecified atom stereocenters. The van der Waals surface area contributed by atoms with Crippen molar-refractivity contribution in [2.75, 3.05) is 15.5 Å². The van der Waals surface area contributed by atoms with Gasteiger partial charge in [-0.2, -0.15) is 0 Å². The molecule has 0 fully saturated rings. The minimum absolute atomic E-state index is 0.0141. The summed E-state index contributed by atoms with van der Waals surface area (Å²) in [6.07, 6.45) is 0. The fourth-order valence-corrected chi connectivity index (χ4v) is 4.18. The number of halogens is 2. The topological polar surface area (TPSA) is 78.5 Å². The summed E-state index contributed by atoms with van der Waals surface area (Å²) in [5.74, 6) is -1.42. The van der Waals surface area contributed by atoms with Crippen molar-refractivity contribution in [3.05, 3.63) is 98.7 Å². The Morgan fingerprint density at radius 1 is 0.824 bits per heavy atom. The van der Waals surface area contributed by atoms with E-state index in [9.17, 15) is 14.4 Å². The highest BCUT2D eigenvalue weighted by Crippen LogP contribution is 2.31. The van der Waals surface area contributed by atoms with Gasteiger partial charge in [-0.1, -0.05) is 29.3 Å². The standard InChI is InChI=1S/C26H21Cl2N3O3/c1-14-10-15(2)12-20(11-14)31-25(33)22(28)23(26(31)34)29-19-7-4-17(5-8-19)24(32)30-21-9-6-18(27)13-16(21)3/h4-13,29H,1-3H3,(H,30,32). The number of anilines is 3. The van der Waals surface area contributed by atoms with E-state index >= 15 is 0 Å². The van der Waals surface area contributed by atoms with Gasteiger partial charge in [-0.3, -0.25) is 14.4 Å². The van der Waals surface area contributed by atoms with Crippen LogP contribution in [0.25, 0.3) is 0 Å². The lowest BCUT2D eigenvalue weighted by atomic mass is 10.1. The third-order valence-corrected chi connectivity index (χ3v) is 5.93. The largest absolute Gasteiger partial charge is 0.350 e. The molecule has 8 heteroatoms. The number of amides is 3. The average molecular weight is 494 g/mol. The highest BCUT2D eigenvalue weighted by Gasteiger charge is 2.39. The van der Waals surface area contributed by atoms with Gasteiger partial charge in [0.25, 0.3) is 17.7 Å². The molecule has 1 heterocycles. The first-order valence-corrected chi connectivity index (χ1v) is 11.2. The van der Waals surface area contributed by atoms with Crippen molar-refractivity contribution >= 4 is 58.0 Å². The molecule has 0 saturated heterocycles. The molecule has 3 aromatic rings. The number of nitrogens with zero attached hydrogens (tertiary/aromatic N) is 1. The van der Waals surface area contributed by atoms with Crippen LogP contribution in [0.3, 0.4) is 0 Å². The maximum absolute atomic E-state index is 13.0. The molecule has 1 aliphatic heterocycles. The highest BCUT2D eigenvalue weighted by atomic mass is 35.5. The van der Waals surface area contributed by atoms with E-state index in [1.165, 1.54) is 0 Å². The molecule has 0 aromatic heterocycles. The van der Waals surface area contributed by atoms with Crippen LogP contribution >= 0.6 is 23.2 Å². The first-order chi connectivity index (χ1) is 16.1. The number of imide groups is 1. The summed E-state index contributed by atoms with van der Waals surface area (Å²) in [5, 5.41) is 6.17. The number of hydrogen-bond acceptors (Lipinski definition) is 4. The van der Waals surface area contributed by atoms with Crippen LogP contribution in [-0.2, 0) is 9.59 Å². The molecule has 0 atom stereocenters. The summed E-state index contributed by atoms with van der Waals surface area (Å²) >= 11 is 12.2. The number of hydrogen-bond donors (Lipinski definition) is 2. The predicted molar refractivity (Wildman–Crippen MR) is 135 cm³/mol. The van der Waals surface area contributed by atoms with Crippen molar-refractivity contribution in [2.24, 2.45) is 0 Å². The van der Waals surface area contributed by atoms with Gasteiger partial charge in [0, 0.05) is 22.0 Å². The van der Waals surface area contributed by atoms with E-state index in [0.29, 0.717) is 27.6 Å². The van der Waals surface area contributed by atoms with Crippen LogP contribution in [0.2, 0.25) is 5.02 Å². The van der Waals surface area contributed by atoms with Crippen LogP contribution in [-0.4, -0.2) is 17.7 Å². The molecule has 4 rings (SSSR count). The van der Waals surface area contributed by atoms with Gasteiger partial charge in [0.2, 0.25) is 0 Å². The molecular formula is C26H21Cl2N3O3. The first-order valence-electron chi connectivity index (χ1n) is 10.5. The van der Waals surface area contributed by atoms with E-state index in [-0.39, 0.29) is 16.6 Å². The third-order valence-electron chi connectivity index (χ3n) is 5.35. The van der Waals surface area contributed by atoms with E-state index in [2.05, 4.69) is 10.6 Å². The zero-order valence-corrected chi connectivity index (χ0v) is 20.2. The maximum atomic E-state index is 13.0. The van der Waals surface area contributed by atoms with Crippen molar-refractivity contribution in [1.29, 1.82) is 0 Å². The van der Waals surface area contributed by atoms with Crippen LogP contribution in [0.5, 0.6) is 0 Å². The van der Waals surface area contributed by atoms with Crippen molar-refractivity contribution in [1.82, 2.24) is 0 Å². The molecule has 3 aromatic carbocycles. The predicted octanol–water partition coefficient (Wildman–Crippen LogP) is 5.95. The van der Waals surface area contributed by atoms with Gasteiger partial charge in [-0.05, 0) is 92.1 Å². The normalized spacial score (nSPS) is 13.5. The summed E-state index contributed by atoms with van der Waals surface area (Å²) < 4.78 is 0. The van der Waals surface area contributed by atoms with Gasteiger partial charge in [0.1, 0.15) is 10.7 Å². The SMILES string of the molecule is Cc1cc(C)cc(N2C(=O)C(Cl)=C(Nc3ccc(C(=O)Nc4ccc(Cl)cc4C)cc3)C2=O)c1. The summed E-state index contributed by atoms with van der Waals surface area (Å²) in [5.41, 5.74) is 4.74. The van der Waals surface area contributed by atoms with E-state index in [1.807, 2.05) is 26.8 Å². The number of aryl methyl sites for hydroxylation is 3. The molecule has 2 N–H and O–H groups in total. The molecule has 3 amide bonds. The average Bonchev–Trinajstić information content (AvgIpc) is 2.98. The lowest BCUT2D eigenvalue weighted by Gasteiger charge is -2.16. The molecule has 1 aliphatic rings. The number of carbonyl (C=O) groups is 3. The summed E-state index contributed by atoms with van der Waals surface area (Å²) in [7, 11) is 0. The quantitative estimate of drug-likeness (QED) is 0.430. The van der Waals surface area contributed by atoms with E-state index in [0.717, 1.165) is 21.6 Å². The Morgan fingerprint density at radius 3 is 2.09 bits per heavy atom. The maximum Gasteiger partial charge on any atom is 0.283 e. The molecular weight excluding hydrogens is 473 g/mol. The van der Waals surface area contributed by atoms with Gasteiger partial charge in [0.05, 0.1) is 5.69 Å². The second-order valence-corrected chi connectivity index (χ2v) is 8.91. The van der Waals surface area contributed by atoms with Crippen molar-refractivity contribution in [3.8, 4) is 0 Å². The third kappa shape index (κ3) is 4.69. The summed E-state index contributed by atoms with van der Waals surface area (Å²) in [6.45, 7) is 5.64. The molecule has 172 valence electrons. The zero-order valence-electron chi connectivity index (χ0n) is 18.7. The summed E-state index contributed by atoms with van der Waals surface area (Å²) in [6, 6.07) is 17.2. The smallest absolute Gasteiger partial charge is 0.283 e. The number of rotatable bonds is 5. The van der Waals surface area contributed by atoms with E-state index < -0.39 is 11.8 Å². The Kier molecular flexibility index (Phi) is 6.46. The molecule has 6 nitrogen and oxygen atoms in total. The van der Waals surface area contributed by atoms with Gasteiger partial charge >= 0.3 is 0 Å². The Morgan fingerprint density at radius 2 is 1.47 bits per heavy atom. The van der Waals surface area contributed by atoms with Gasteiger partial charge in [-0.25, -0.2) is 4.90 Å². The second-order valence-electron chi connectivity index (χ2n) is 8.10. The Labute approximate surface area is 207 Å². The fraction of sp³-hybridized carbons (Fsp3) is 0.115. The number of benzene rings is 3. The molecule has 0 spiro atoms. The molecule has 0 bridgehead atoms. The Balaban J connectivity index is 1.50. The number of carbonyl (C=O) groups excluding carboxylic acids is 3. The number of nitrogens with one attached hydrogen (secondary N) is 2. The zero-order chi connectivity index (χ0) is 24.6. The van der Waals surface area contributed by atoms with Gasteiger partial charge in [0.15, 0.2) is 0 Å². The Bertz CT molecular complexity index is 1340. The monoisotopic (exact) mass is 493 g/mol. The van der Waals surface area contributed by atoms with Crippen LogP contribution in [0.1, 0.15) is 27.0 Å². The van der Waals surface area contributed by atoms with Crippen LogP contribution in [0, 0.1) is 20.8 Å². The first kappa shape index (κ1) is 23.5. The minimum atomic E-state index is -0.589. The highest BCUT2D eigenvalue weighted by molar-refractivity contribution is 6.53. The van der Waals surface area contributed by atoms with Crippen LogP contribution in [0.15, 0.2) is 71.4 Å². The minimum Gasteiger partial charge on any atom is -0.350 e. The molecule has 34 heavy (non-hydrogen) atoms. The van der Waals surface area contributed by atoms with Crippen molar-refractivity contribution in [3.63, 3.8) is 0 Å². The van der Waals surface area contributed by atoms with Gasteiger partial charge < -0.3 is 10.6 Å². The van der Waals surface area contributed by atoms with E-state index in [1.54, 1.807) is 54.6 Å². The lowest BCUT2D eigenvalue weighted by molar-refractivity contribution is -0.120. The second kappa shape index (κ2) is 9.33. The molecule has 0 aliphatic carbocycles. The molecule has 0 radical (unpaired) electrons. The fourth-order valence-electron chi connectivity index (χ4n) is 3.74. The van der Waals surface area contributed by atoms with Crippen molar-refractivity contribution < 1.29 is 14.4 Å². The Hall–Kier alpha value is -3.61. The van der Waals surface area contributed by atoms with Gasteiger partial charge in [-0.15, -0.1) is 0 Å². The summed E-state index contributed by atoms with van der Waals surface area (Å²) in [4.78, 5) is 39.4. The van der Waals surface area contributed by atoms with Crippen molar-refractivity contribution in [2.45, 2.75) is 20.8 Å².